The lowest BCUT2D eigenvalue weighted by Crippen LogP contribution is -2.41. The summed E-state index contributed by atoms with van der Waals surface area (Å²) in [6.45, 7) is 8.38. The van der Waals surface area contributed by atoms with E-state index in [0.29, 0.717) is 0 Å². The third-order valence-corrected chi connectivity index (χ3v) is 7.47. The first kappa shape index (κ1) is 20.5. The predicted molar refractivity (Wildman–Crippen MR) is 140 cm³/mol. The van der Waals surface area contributed by atoms with E-state index in [4.69, 9.17) is 9.31 Å². The van der Waals surface area contributed by atoms with Crippen LogP contribution in [-0.4, -0.2) is 18.3 Å². The van der Waals surface area contributed by atoms with Crippen LogP contribution in [0.5, 0.6) is 0 Å². The molecule has 33 heavy (non-hydrogen) atoms. The van der Waals surface area contributed by atoms with Crippen molar-refractivity contribution < 1.29 is 9.31 Å². The van der Waals surface area contributed by atoms with Crippen LogP contribution in [0.4, 0.5) is 0 Å². The molecule has 0 saturated carbocycles. The van der Waals surface area contributed by atoms with E-state index >= 15 is 0 Å². The molecular formula is C30H27BO2. The summed E-state index contributed by atoms with van der Waals surface area (Å²) in [6.07, 6.45) is 0. The molecule has 0 unspecified atom stereocenters. The molecule has 6 rings (SSSR count). The molecule has 1 heterocycles. The standard InChI is InChI=1S/C30H27BO2/c1-29(2)30(3,4)33-31(32-29)23-16-17-24-21(18-23)14-15-22-19-27(20-10-6-5-7-11-20)25-12-8-9-13-26(25)28(22)24/h5-19H,1-4H3. The van der Waals surface area contributed by atoms with Crippen LogP contribution >= 0.6 is 0 Å². The van der Waals surface area contributed by atoms with Gasteiger partial charge in [0, 0.05) is 0 Å². The molecule has 0 N–H and O–H groups in total. The van der Waals surface area contributed by atoms with Gasteiger partial charge in [0.2, 0.25) is 0 Å². The summed E-state index contributed by atoms with van der Waals surface area (Å²) in [5, 5.41) is 7.56. The van der Waals surface area contributed by atoms with Gasteiger partial charge in [-0.25, -0.2) is 0 Å². The van der Waals surface area contributed by atoms with Crippen molar-refractivity contribution in [3.8, 4) is 11.1 Å². The molecule has 5 aromatic rings. The summed E-state index contributed by atoms with van der Waals surface area (Å²) in [6, 6.07) is 32.8. The maximum Gasteiger partial charge on any atom is 0.494 e. The molecule has 2 nitrogen and oxygen atoms in total. The summed E-state index contributed by atoms with van der Waals surface area (Å²) >= 11 is 0. The van der Waals surface area contributed by atoms with Gasteiger partial charge in [-0.2, -0.15) is 0 Å². The van der Waals surface area contributed by atoms with Crippen molar-refractivity contribution in [3.63, 3.8) is 0 Å². The molecule has 1 fully saturated rings. The Hall–Kier alpha value is -3.14. The first-order valence-electron chi connectivity index (χ1n) is 11.6. The molecule has 5 aromatic carbocycles. The van der Waals surface area contributed by atoms with Gasteiger partial charge < -0.3 is 9.31 Å². The monoisotopic (exact) mass is 430 g/mol. The Kier molecular flexibility index (Phi) is 4.45. The van der Waals surface area contributed by atoms with Gasteiger partial charge in [-0.1, -0.05) is 84.9 Å². The molecule has 0 amide bonds. The summed E-state index contributed by atoms with van der Waals surface area (Å²) in [7, 11) is -0.354. The molecule has 1 aliphatic rings. The van der Waals surface area contributed by atoms with E-state index in [9.17, 15) is 0 Å². The number of hydrogen-bond donors (Lipinski definition) is 0. The Morgan fingerprint density at radius 1 is 0.576 bits per heavy atom. The van der Waals surface area contributed by atoms with Crippen LogP contribution in [-0.2, 0) is 9.31 Å². The molecule has 0 radical (unpaired) electrons. The highest BCUT2D eigenvalue weighted by atomic mass is 16.7. The highest BCUT2D eigenvalue weighted by Gasteiger charge is 2.51. The zero-order valence-corrected chi connectivity index (χ0v) is 19.6. The van der Waals surface area contributed by atoms with E-state index in [2.05, 4.69) is 119 Å². The largest absolute Gasteiger partial charge is 0.494 e. The van der Waals surface area contributed by atoms with Gasteiger partial charge in [0.1, 0.15) is 0 Å². The second kappa shape index (κ2) is 7.18. The molecule has 162 valence electrons. The van der Waals surface area contributed by atoms with E-state index < -0.39 is 0 Å². The highest BCUT2D eigenvalue weighted by molar-refractivity contribution is 6.62. The lowest BCUT2D eigenvalue weighted by atomic mass is 9.78. The van der Waals surface area contributed by atoms with Crippen molar-refractivity contribution in [1.29, 1.82) is 0 Å². The normalized spacial score (nSPS) is 17.3. The highest BCUT2D eigenvalue weighted by Crippen LogP contribution is 2.39. The topological polar surface area (TPSA) is 18.5 Å². The molecule has 3 heteroatoms. The molecule has 0 spiro atoms. The smallest absolute Gasteiger partial charge is 0.399 e. The Bertz CT molecular complexity index is 1500. The minimum absolute atomic E-state index is 0.347. The average molecular weight is 430 g/mol. The third-order valence-electron chi connectivity index (χ3n) is 7.47. The van der Waals surface area contributed by atoms with E-state index in [1.807, 2.05) is 0 Å². The van der Waals surface area contributed by atoms with Crippen molar-refractivity contribution in [2.45, 2.75) is 38.9 Å². The van der Waals surface area contributed by atoms with Gasteiger partial charge in [-0.05, 0) is 82.7 Å². The van der Waals surface area contributed by atoms with Gasteiger partial charge in [0.25, 0.3) is 0 Å². The number of hydrogen-bond acceptors (Lipinski definition) is 2. The van der Waals surface area contributed by atoms with Crippen molar-refractivity contribution in [1.82, 2.24) is 0 Å². The fraction of sp³-hybridized carbons (Fsp3) is 0.200. The third kappa shape index (κ3) is 3.19. The molecule has 0 bridgehead atoms. The second-order valence-corrected chi connectivity index (χ2v) is 10.1. The first-order chi connectivity index (χ1) is 15.8. The van der Waals surface area contributed by atoms with Gasteiger partial charge in [-0.15, -0.1) is 0 Å². The first-order valence-corrected chi connectivity index (χ1v) is 11.6. The zero-order chi connectivity index (χ0) is 22.8. The minimum Gasteiger partial charge on any atom is -0.399 e. The molecule has 1 saturated heterocycles. The second-order valence-electron chi connectivity index (χ2n) is 10.1. The van der Waals surface area contributed by atoms with E-state index in [-0.39, 0.29) is 18.3 Å². The number of benzene rings is 5. The van der Waals surface area contributed by atoms with Crippen molar-refractivity contribution in [2.75, 3.05) is 0 Å². The Balaban J connectivity index is 1.56. The van der Waals surface area contributed by atoms with Crippen LogP contribution in [0.3, 0.4) is 0 Å². The lowest BCUT2D eigenvalue weighted by molar-refractivity contribution is 0.00578. The van der Waals surface area contributed by atoms with Crippen LogP contribution in [0, 0.1) is 0 Å². The number of fused-ring (bicyclic) bond motifs is 5. The maximum absolute atomic E-state index is 6.30. The predicted octanol–water partition coefficient (Wildman–Crippen LogP) is 7.11. The lowest BCUT2D eigenvalue weighted by Gasteiger charge is -2.32. The number of rotatable bonds is 2. The minimum atomic E-state index is -0.354. The summed E-state index contributed by atoms with van der Waals surface area (Å²) < 4.78 is 12.6. The Morgan fingerprint density at radius 2 is 1.21 bits per heavy atom. The Morgan fingerprint density at radius 3 is 1.94 bits per heavy atom. The van der Waals surface area contributed by atoms with Crippen molar-refractivity contribution in [3.05, 3.63) is 91.0 Å². The molecule has 0 aromatic heterocycles. The van der Waals surface area contributed by atoms with Gasteiger partial charge in [0.05, 0.1) is 11.2 Å². The quantitative estimate of drug-likeness (QED) is 0.219. The summed E-state index contributed by atoms with van der Waals surface area (Å²) in [5.74, 6) is 0. The van der Waals surface area contributed by atoms with E-state index in [1.54, 1.807) is 0 Å². The Labute approximate surface area is 195 Å². The van der Waals surface area contributed by atoms with Crippen LogP contribution in [0.25, 0.3) is 43.4 Å². The van der Waals surface area contributed by atoms with Crippen LogP contribution < -0.4 is 5.46 Å². The molecule has 1 aliphatic heterocycles. The van der Waals surface area contributed by atoms with Gasteiger partial charge >= 0.3 is 7.12 Å². The maximum atomic E-state index is 6.30. The fourth-order valence-corrected chi connectivity index (χ4v) is 4.94. The molecular weight excluding hydrogens is 403 g/mol. The molecule has 0 aliphatic carbocycles. The van der Waals surface area contributed by atoms with Crippen LogP contribution in [0.15, 0.2) is 91.0 Å². The average Bonchev–Trinajstić information content (AvgIpc) is 3.05. The SMILES string of the molecule is CC1(C)OB(c2ccc3c(ccc4cc(-c5ccccc5)c5ccccc5c43)c2)OC1(C)C. The van der Waals surface area contributed by atoms with Crippen molar-refractivity contribution >= 4 is 44.9 Å². The van der Waals surface area contributed by atoms with Crippen LogP contribution in [0.2, 0.25) is 0 Å². The summed E-state index contributed by atoms with van der Waals surface area (Å²) in [5.41, 5.74) is 2.88. The van der Waals surface area contributed by atoms with Crippen LogP contribution in [0.1, 0.15) is 27.7 Å². The summed E-state index contributed by atoms with van der Waals surface area (Å²) in [4.78, 5) is 0. The fourth-order valence-electron chi connectivity index (χ4n) is 4.94. The molecule has 0 atom stereocenters. The zero-order valence-electron chi connectivity index (χ0n) is 19.6. The van der Waals surface area contributed by atoms with Crippen molar-refractivity contribution in [2.24, 2.45) is 0 Å². The van der Waals surface area contributed by atoms with E-state index in [1.165, 1.54) is 43.4 Å². The van der Waals surface area contributed by atoms with Gasteiger partial charge in [-0.3, -0.25) is 0 Å². The van der Waals surface area contributed by atoms with E-state index in [0.717, 1.165) is 5.46 Å². The van der Waals surface area contributed by atoms with Gasteiger partial charge in [0.15, 0.2) is 0 Å².